The average molecular weight is 916 g/mol. The molecular formula is C43H58ClF3N4O8S2. The van der Waals surface area contributed by atoms with E-state index in [2.05, 4.69) is 10.6 Å². The summed E-state index contributed by atoms with van der Waals surface area (Å²) < 4.78 is 69.5. The Morgan fingerprint density at radius 2 is 1.43 bits per heavy atom. The van der Waals surface area contributed by atoms with Crippen molar-refractivity contribution in [2.24, 2.45) is 17.8 Å². The molecule has 61 heavy (non-hydrogen) atoms. The van der Waals surface area contributed by atoms with E-state index in [1.807, 2.05) is 46.3 Å². The second kappa shape index (κ2) is 18.9. The van der Waals surface area contributed by atoms with E-state index in [1.54, 1.807) is 26.0 Å². The first-order chi connectivity index (χ1) is 27.9. The van der Waals surface area contributed by atoms with Gasteiger partial charge in [-0.2, -0.15) is 13.2 Å². The number of ketones is 1. The number of fused-ring (bicyclic) bond motifs is 1. The molecule has 2 aromatic rings. The van der Waals surface area contributed by atoms with E-state index in [4.69, 9.17) is 11.6 Å². The van der Waals surface area contributed by atoms with Crippen molar-refractivity contribution in [1.82, 2.24) is 20.3 Å². The van der Waals surface area contributed by atoms with E-state index in [0.29, 0.717) is 28.9 Å². The lowest BCUT2D eigenvalue weighted by atomic mass is 9.79. The van der Waals surface area contributed by atoms with Crippen LogP contribution in [0.1, 0.15) is 123 Å². The fraction of sp³-hybridized carbons (Fsp3) is 0.605. The highest BCUT2D eigenvalue weighted by atomic mass is 35.5. The molecule has 0 aromatic heterocycles. The van der Waals surface area contributed by atoms with Crippen LogP contribution in [0.25, 0.3) is 0 Å². The molecule has 2 aliphatic rings. The van der Waals surface area contributed by atoms with Crippen molar-refractivity contribution >= 4 is 62.8 Å². The van der Waals surface area contributed by atoms with Crippen LogP contribution in [0, 0.1) is 17.8 Å². The number of amides is 4. The summed E-state index contributed by atoms with van der Waals surface area (Å²) in [6.45, 7) is 17.7. The average Bonchev–Trinajstić information content (AvgIpc) is 3.53. The fourth-order valence-electron chi connectivity index (χ4n) is 7.94. The predicted octanol–water partition coefficient (Wildman–Crippen LogP) is 7.42. The maximum absolute atomic E-state index is 14.5. The first kappa shape index (κ1) is 49.8. The molecule has 338 valence electrons. The second-order valence-electron chi connectivity index (χ2n) is 18.7. The molecule has 0 radical (unpaired) electrons. The number of nitrogens with one attached hydrogen (secondary N) is 3. The number of hydrogen-bond acceptors (Lipinski definition) is 9. The summed E-state index contributed by atoms with van der Waals surface area (Å²) >= 11 is 7.38. The monoisotopic (exact) mass is 914 g/mol. The lowest BCUT2D eigenvalue weighted by molar-refractivity contribution is -0.175. The minimum atomic E-state index is -5.19. The zero-order valence-corrected chi connectivity index (χ0v) is 38.6. The molecule has 0 unspecified atom stereocenters. The topological polar surface area (TPSA) is 179 Å². The van der Waals surface area contributed by atoms with Gasteiger partial charge in [-0.05, 0) is 78.2 Å². The molecule has 5 atom stereocenters. The van der Waals surface area contributed by atoms with Crippen LogP contribution in [0.4, 0.5) is 13.2 Å². The number of thioether (sulfide) groups is 1. The van der Waals surface area contributed by atoms with Crippen LogP contribution in [-0.4, -0.2) is 83.9 Å². The molecule has 1 aliphatic carbocycles. The van der Waals surface area contributed by atoms with Crippen molar-refractivity contribution in [2.75, 3.05) is 5.75 Å². The van der Waals surface area contributed by atoms with E-state index >= 15 is 0 Å². The van der Waals surface area contributed by atoms with Crippen molar-refractivity contribution in [3.8, 4) is 5.75 Å². The Bertz CT molecular complexity index is 2100. The summed E-state index contributed by atoms with van der Waals surface area (Å²) in [6.07, 6.45) is -2.25. The maximum Gasteiger partial charge on any atom is 0.452 e. The third-order valence-electron chi connectivity index (χ3n) is 11.2. The normalized spacial score (nSPS) is 19.6. The van der Waals surface area contributed by atoms with Gasteiger partial charge in [0.25, 0.3) is 21.7 Å². The molecule has 1 saturated heterocycles. The largest absolute Gasteiger partial charge is 0.507 e. The van der Waals surface area contributed by atoms with Crippen molar-refractivity contribution in [1.29, 1.82) is 0 Å². The molecule has 1 heterocycles. The molecule has 2 aromatic carbocycles. The van der Waals surface area contributed by atoms with Crippen LogP contribution in [0.15, 0.2) is 40.1 Å². The molecule has 4 N–H and O–H groups in total. The molecule has 0 spiro atoms. The van der Waals surface area contributed by atoms with Gasteiger partial charge in [0.05, 0.1) is 16.8 Å². The summed E-state index contributed by atoms with van der Waals surface area (Å²) in [6, 6.07) is 2.14. The van der Waals surface area contributed by atoms with E-state index in [0.717, 1.165) is 36.7 Å². The molecule has 4 amide bonds. The highest BCUT2D eigenvalue weighted by molar-refractivity contribution is 8.00. The zero-order valence-electron chi connectivity index (χ0n) is 36.3. The standard InChI is InChI=1S/C43H58ClF3N4O8S2/c1-22(2)34(37(54)43(45,46)47)48-39(56)31-17-24-13-11-12-14-30(24)51(31)40(57)35(23(3)4)49-38(55)25-15-16-29(44)32(18-25)61(58,59)50-33(52)21-60-26-19-27(41(5,6)7)36(53)28(20-26)42(8,9)10/h15-16,18-20,22-24,30-31,34-35,53H,11-14,17,21H2,1-10H3,(H,48,56)(H,49,55)(H,50,52)/t24-,30-,31-,34-,35-/m0/s1. The maximum atomic E-state index is 14.5. The fourth-order valence-corrected chi connectivity index (χ4v) is 10.3. The Hall–Kier alpha value is -3.83. The molecule has 1 aliphatic heterocycles. The number of nitrogens with zero attached hydrogens (tertiary/aromatic N) is 1. The summed E-state index contributed by atoms with van der Waals surface area (Å²) in [4.78, 5) is 68.8. The van der Waals surface area contributed by atoms with Gasteiger partial charge in [-0.25, -0.2) is 13.1 Å². The van der Waals surface area contributed by atoms with Gasteiger partial charge < -0.3 is 20.6 Å². The Balaban J connectivity index is 1.55. The molecule has 12 nitrogen and oxygen atoms in total. The second-order valence-corrected chi connectivity index (χ2v) is 21.8. The van der Waals surface area contributed by atoms with Crippen LogP contribution in [-0.2, 0) is 40.0 Å². The van der Waals surface area contributed by atoms with Gasteiger partial charge >= 0.3 is 6.18 Å². The first-order valence-electron chi connectivity index (χ1n) is 20.4. The summed E-state index contributed by atoms with van der Waals surface area (Å²) in [7, 11) is -4.63. The van der Waals surface area contributed by atoms with Gasteiger partial charge in [-0.15, -0.1) is 11.8 Å². The number of likely N-dealkylation sites (tertiary alicyclic amines) is 1. The van der Waals surface area contributed by atoms with Crippen LogP contribution in [0.2, 0.25) is 5.02 Å². The predicted molar refractivity (Wildman–Crippen MR) is 228 cm³/mol. The van der Waals surface area contributed by atoms with Crippen molar-refractivity contribution in [3.63, 3.8) is 0 Å². The SMILES string of the molecule is CC(C)[C@H](NC(=O)c1ccc(Cl)c(S(=O)(=O)NC(=O)CSc2cc(C(C)(C)C)c(O)c(C(C)(C)C)c2)c1)C(=O)N1[C@H](C(=O)N[C@H](C(=O)C(F)(F)F)C(C)C)C[C@@H]2CCCC[C@@H]21. The number of phenolic OH excluding ortho intramolecular Hbond substituents is 1. The van der Waals surface area contributed by atoms with E-state index in [9.17, 15) is 50.7 Å². The van der Waals surface area contributed by atoms with Gasteiger partial charge in [-0.1, -0.05) is 93.7 Å². The number of phenols is 1. The third-order valence-corrected chi connectivity index (χ3v) is 14.0. The van der Waals surface area contributed by atoms with Gasteiger partial charge in [0.1, 0.15) is 22.7 Å². The van der Waals surface area contributed by atoms with Gasteiger partial charge in [-0.3, -0.25) is 24.0 Å². The van der Waals surface area contributed by atoms with E-state index in [1.165, 1.54) is 24.8 Å². The Morgan fingerprint density at radius 3 is 1.95 bits per heavy atom. The summed E-state index contributed by atoms with van der Waals surface area (Å²) in [5.41, 5.74) is 0.253. The Kier molecular flexibility index (Phi) is 15.4. The number of Topliss-reactive ketones (excluding diaryl/α,β-unsaturated/α-hetero) is 1. The number of aromatic hydroxyl groups is 1. The van der Waals surface area contributed by atoms with Crippen LogP contribution < -0.4 is 15.4 Å². The molecule has 1 saturated carbocycles. The van der Waals surface area contributed by atoms with Gasteiger partial charge in [0, 0.05) is 27.6 Å². The first-order valence-corrected chi connectivity index (χ1v) is 23.2. The van der Waals surface area contributed by atoms with Crippen LogP contribution in [0.5, 0.6) is 5.75 Å². The molecule has 0 bridgehead atoms. The lowest BCUT2D eigenvalue weighted by Gasteiger charge is -2.37. The van der Waals surface area contributed by atoms with Crippen LogP contribution in [0.3, 0.4) is 0 Å². The number of carbonyl (C=O) groups is 5. The molecular weight excluding hydrogens is 857 g/mol. The highest BCUT2D eigenvalue weighted by Gasteiger charge is 2.51. The van der Waals surface area contributed by atoms with Crippen LogP contribution >= 0.6 is 23.4 Å². The van der Waals surface area contributed by atoms with Gasteiger partial charge in [0.15, 0.2) is 0 Å². The van der Waals surface area contributed by atoms with E-state index in [-0.39, 0.29) is 34.4 Å². The summed E-state index contributed by atoms with van der Waals surface area (Å²) in [5, 5.41) is 15.7. The lowest BCUT2D eigenvalue weighted by Crippen LogP contribution is -2.59. The number of carbonyl (C=O) groups excluding carboxylic acids is 5. The smallest absolute Gasteiger partial charge is 0.452 e. The quantitative estimate of drug-likeness (QED) is 0.149. The Morgan fingerprint density at radius 1 is 0.869 bits per heavy atom. The number of benzene rings is 2. The minimum Gasteiger partial charge on any atom is -0.507 e. The minimum absolute atomic E-state index is 0.131. The van der Waals surface area contributed by atoms with Crippen molar-refractivity contribution < 1.29 is 50.7 Å². The molecule has 2 fully saturated rings. The molecule has 18 heteroatoms. The zero-order chi connectivity index (χ0) is 46.2. The number of hydrogen-bond donors (Lipinski definition) is 4. The number of sulfonamides is 1. The highest BCUT2D eigenvalue weighted by Crippen LogP contribution is 2.43. The van der Waals surface area contributed by atoms with Crippen molar-refractivity contribution in [3.05, 3.63) is 52.0 Å². The third kappa shape index (κ3) is 11.8. The summed E-state index contributed by atoms with van der Waals surface area (Å²) in [5.74, 6) is -7.15. The molecule has 4 rings (SSSR count). The number of rotatable bonds is 13. The number of halogens is 4. The number of alkyl halides is 3. The van der Waals surface area contributed by atoms with E-state index < -0.39 is 97.3 Å². The van der Waals surface area contributed by atoms with Gasteiger partial charge in [0.2, 0.25) is 17.7 Å². The Labute approximate surface area is 365 Å². The van der Waals surface area contributed by atoms with Crippen molar-refractivity contribution in [2.45, 2.75) is 152 Å².